The summed E-state index contributed by atoms with van der Waals surface area (Å²) in [6, 6.07) is 12.4. The van der Waals surface area contributed by atoms with Crippen molar-refractivity contribution in [2.45, 2.75) is 38.0 Å². The molecule has 0 bridgehead atoms. The number of ketones is 1. The lowest BCUT2D eigenvalue weighted by atomic mass is 10.1. The molecule has 1 heterocycles. The summed E-state index contributed by atoms with van der Waals surface area (Å²) in [4.78, 5) is 40.0. The Morgan fingerprint density at radius 3 is 2.38 bits per heavy atom. The summed E-state index contributed by atoms with van der Waals surface area (Å²) in [6.45, 7) is 3.86. The maximum Gasteiger partial charge on any atom is 0.328 e. The zero-order valence-electron chi connectivity index (χ0n) is 17.9. The van der Waals surface area contributed by atoms with Crippen molar-refractivity contribution in [2.75, 3.05) is 6.54 Å². The van der Waals surface area contributed by atoms with Gasteiger partial charge >= 0.3 is 6.03 Å². The first-order valence-electron chi connectivity index (χ1n) is 10.0. The van der Waals surface area contributed by atoms with E-state index in [4.69, 9.17) is 0 Å². The van der Waals surface area contributed by atoms with Gasteiger partial charge in [-0.1, -0.05) is 37.6 Å². The number of amides is 2. The van der Waals surface area contributed by atoms with Gasteiger partial charge in [0.05, 0.1) is 22.1 Å². The second-order valence-electron chi connectivity index (χ2n) is 6.99. The number of sulfonamides is 1. The second kappa shape index (κ2) is 11.8. The Balaban J connectivity index is 0.000000273. The van der Waals surface area contributed by atoms with E-state index in [2.05, 4.69) is 15.3 Å². The number of aromatic nitrogens is 2. The molecule has 1 aromatic heterocycles. The van der Waals surface area contributed by atoms with Gasteiger partial charge in [0.15, 0.2) is 0 Å². The number of para-hydroxylation sites is 1. The van der Waals surface area contributed by atoms with Crippen LogP contribution >= 0.6 is 0 Å². The fraction of sp³-hybridized carbons (Fsp3) is 0.273. The molecule has 9 nitrogen and oxygen atoms in total. The van der Waals surface area contributed by atoms with Crippen LogP contribution in [0.5, 0.6) is 0 Å². The van der Waals surface area contributed by atoms with Gasteiger partial charge in [-0.25, -0.2) is 22.9 Å². The van der Waals surface area contributed by atoms with Gasteiger partial charge in [0.25, 0.3) is 15.6 Å². The van der Waals surface area contributed by atoms with Crippen LogP contribution in [0.25, 0.3) is 10.9 Å². The average molecular weight is 459 g/mol. The number of aromatic amines is 1. The molecule has 2 aromatic carbocycles. The number of Topliss-reactive ketones (excluding diaryl/α,β-unsaturated/α-hetero) is 1. The average Bonchev–Trinajstić information content (AvgIpc) is 2.74. The van der Waals surface area contributed by atoms with Crippen LogP contribution in [0.4, 0.5) is 4.79 Å². The number of nitrogens with one attached hydrogen (secondary N) is 3. The Labute approximate surface area is 186 Å². The quantitative estimate of drug-likeness (QED) is 0.465. The predicted octanol–water partition coefficient (Wildman–Crippen LogP) is 2.53. The standard InChI is InChI=1S/C14H20N2O4S.C8H6N2O/c1-3-4-9-15-14(18)16-21(19,20)13-7-5-12(6-8-13)10-11(2)17;11-8-6-3-1-2-4-7(6)9-5-10-8/h5-8H,3-4,9-10H2,1-2H3,(H2,15,16,18);1-5H,(H,9,10,11). The van der Waals surface area contributed by atoms with Crippen molar-refractivity contribution in [1.29, 1.82) is 0 Å². The van der Waals surface area contributed by atoms with E-state index in [1.165, 1.54) is 25.4 Å². The molecule has 10 heteroatoms. The Hall–Kier alpha value is -3.53. The lowest BCUT2D eigenvalue weighted by Crippen LogP contribution is -2.39. The topological polar surface area (TPSA) is 138 Å². The molecular formula is C22H26N4O5S. The van der Waals surface area contributed by atoms with E-state index in [-0.39, 0.29) is 22.7 Å². The van der Waals surface area contributed by atoms with Crippen LogP contribution in [0.15, 0.2) is 64.5 Å². The molecule has 0 fully saturated rings. The summed E-state index contributed by atoms with van der Waals surface area (Å²) in [5.74, 6) is -0.000894. The number of nitrogens with zero attached hydrogens (tertiary/aromatic N) is 1. The molecule has 0 radical (unpaired) electrons. The lowest BCUT2D eigenvalue weighted by molar-refractivity contribution is -0.116. The number of H-pyrrole nitrogens is 1. The van der Waals surface area contributed by atoms with Crippen molar-refractivity contribution in [3.05, 3.63) is 70.8 Å². The lowest BCUT2D eigenvalue weighted by Gasteiger charge is -2.08. The summed E-state index contributed by atoms with van der Waals surface area (Å²) < 4.78 is 25.9. The van der Waals surface area contributed by atoms with Crippen molar-refractivity contribution < 1.29 is 18.0 Å². The van der Waals surface area contributed by atoms with Gasteiger partial charge in [-0.3, -0.25) is 9.59 Å². The molecule has 0 atom stereocenters. The van der Waals surface area contributed by atoms with E-state index in [0.29, 0.717) is 11.9 Å². The number of unbranched alkanes of at least 4 members (excludes halogenated alkanes) is 1. The molecule has 0 unspecified atom stereocenters. The molecule has 32 heavy (non-hydrogen) atoms. The highest BCUT2D eigenvalue weighted by molar-refractivity contribution is 7.90. The van der Waals surface area contributed by atoms with Crippen LogP contribution in [0.1, 0.15) is 32.3 Å². The molecule has 0 saturated carbocycles. The van der Waals surface area contributed by atoms with Crippen molar-refractivity contribution in [3.8, 4) is 0 Å². The Morgan fingerprint density at radius 2 is 1.75 bits per heavy atom. The SMILES string of the molecule is CCCCNC(=O)NS(=O)(=O)c1ccc(CC(C)=O)cc1.O=c1[nH]cnc2ccccc12. The zero-order chi connectivity index (χ0) is 23.6. The zero-order valence-corrected chi connectivity index (χ0v) is 18.7. The first kappa shape index (κ1) is 24.7. The minimum absolute atomic E-state index is 0.000894. The summed E-state index contributed by atoms with van der Waals surface area (Å²) in [5, 5.41) is 3.11. The highest BCUT2D eigenvalue weighted by atomic mass is 32.2. The molecule has 0 aliphatic rings. The summed E-state index contributed by atoms with van der Waals surface area (Å²) in [5.41, 5.74) is 1.38. The molecule has 3 N–H and O–H groups in total. The highest BCUT2D eigenvalue weighted by Crippen LogP contribution is 2.11. The predicted molar refractivity (Wildman–Crippen MR) is 122 cm³/mol. The summed E-state index contributed by atoms with van der Waals surface area (Å²) in [7, 11) is -3.89. The van der Waals surface area contributed by atoms with Gasteiger partial charge in [0.1, 0.15) is 5.78 Å². The first-order valence-corrected chi connectivity index (χ1v) is 11.5. The van der Waals surface area contributed by atoms with Crippen LogP contribution in [0, 0.1) is 0 Å². The molecule has 0 aliphatic heterocycles. The van der Waals surface area contributed by atoms with E-state index in [1.807, 2.05) is 29.8 Å². The van der Waals surface area contributed by atoms with Crippen molar-refractivity contribution in [2.24, 2.45) is 0 Å². The minimum Gasteiger partial charge on any atom is -0.337 e. The molecule has 0 spiro atoms. The maximum absolute atomic E-state index is 12.0. The highest BCUT2D eigenvalue weighted by Gasteiger charge is 2.17. The number of urea groups is 1. The summed E-state index contributed by atoms with van der Waals surface area (Å²) >= 11 is 0. The third kappa shape index (κ3) is 7.62. The molecule has 3 aromatic rings. The van der Waals surface area contributed by atoms with Crippen LogP contribution < -0.4 is 15.6 Å². The van der Waals surface area contributed by atoms with Crippen LogP contribution in [0.2, 0.25) is 0 Å². The number of fused-ring (bicyclic) bond motifs is 1. The second-order valence-corrected chi connectivity index (χ2v) is 8.67. The van der Waals surface area contributed by atoms with E-state index < -0.39 is 16.1 Å². The van der Waals surface area contributed by atoms with E-state index in [9.17, 15) is 22.8 Å². The van der Waals surface area contributed by atoms with Gasteiger partial charge in [-0.05, 0) is 43.2 Å². The van der Waals surface area contributed by atoms with Crippen molar-refractivity contribution in [1.82, 2.24) is 20.0 Å². The Morgan fingerprint density at radius 1 is 1.06 bits per heavy atom. The molecule has 170 valence electrons. The fourth-order valence-electron chi connectivity index (χ4n) is 2.69. The molecule has 3 rings (SSSR count). The number of carbonyl (C=O) groups excluding carboxylic acids is 2. The van der Waals surface area contributed by atoms with E-state index in [1.54, 1.807) is 18.2 Å². The third-order valence-corrected chi connectivity index (χ3v) is 5.62. The van der Waals surface area contributed by atoms with E-state index in [0.717, 1.165) is 23.9 Å². The normalized spacial score (nSPS) is 10.7. The monoisotopic (exact) mass is 458 g/mol. The molecule has 0 saturated heterocycles. The van der Waals surface area contributed by atoms with Gasteiger partial charge in [-0.15, -0.1) is 0 Å². The smallest absolute Gasteiger partial charge is 0.328 e. The van der Waals surface area contributed by atoms with Gasteiger partial charge in [0, 0.05) is 13.0 Å². The van der Waals surface area contributed by atoms with Crippen molar-refractivity contribution >= 4 is 32.7 Å². The summed E-state index contributed by atoms with van der Waals surface area (Å²) in [6.07, 6.45) is 3.35. The number of hydrogen-bond acceptors (Lipinski definition) is 6. The van der Waals surface area contributed by atoms with Crippen molar-refractivity contribution in [3.63, 3.8) is 0 Å². The Kier molecular flexibility index (Phi) is 9.08. The molecule has 2 amide bonds. The van der Waals surface area contributed by atoms with Crippen LogP contribution in [0.3, 0.4) is 0 Å². The number of hydrogen-bond donors (Lipinski definition) is 3. The minimum atomic E-state index is -3.89. The maximum atomic E-state index is 12.0. The number of rotatable bonds is 7. The molecular weight excluding hydrogens is 432 g/mol. The van der Waals surface area contributed by atoms with Gasteiger partial charge < -0.3 is 10.3 Å². The third-order valence-electron chi connectivity index (χ3n) is 4.28. The van der Waals surface area contributed by atoms with Gasteiger partial charge in [0.2, 0.25) is 0 Å². The van der Waals surface area contributed by atoms with E-state index >= 15 is 0 Å². The fourth-order valence-corrected chi connectivity index (χ4v) is 3.61. The van der Waals surface area contributed by atoms with Crippen LogP contribution in [-0.2, 0) is 21.2 Å². The largest absolute Gasteiger partial charge is 0.337 e. The van der Waals surface area contributed by atoms with Crippen LogP contribution in [-0.4, -0.2) is 36.7 Å². The number of carbonyl (C=O) groups is 2. The Bertz CT molecular complexity index is 1220. The number of benzene rings is 2. The van der Waals surface area contributed by atoms with Gasteiger partial charge in [-0.2, -0.15) is 0 Å². The first-order chi connectivity index (χ1) is 15.2. The molecule has 0 aliphatic carbocycles.